The van der Waals surface area contributed by atoms with Crippen LogP contribution < -0.4 is 11.1 Å². The molecule has 0 radical (unpaired) electrons. The summed E-state index contributed by atoms with van der Waals surface area (Å²) < 4.78 is 40.0. The molecule has 6 aromatic rings. The minimum Gasteiger partial charge on any atom is -0.481 e. The van der Waals surface area contributed by atoms with Crippen LogP contribution >= 0.6 is 23.2 Å². The molecule has 0 aliphatic carbocycles. The number of aliphatic carboxylic acids is 1. The van der Waals surface area contributed by atoms with Crippen LogP contribution in [0.5, 0.6) is 0 Å². The van der Waals surface area contributed by atoms with Crippen LogP contribution in [0.3, 0.4) is 0 Å². The van der Waals surface area contributed by atoms with E-state index in [1.807, 2.05) is 6.07 Å². The predicted molar refractivity (Wildman–Crippen MR) is 200 cm³/mol. The second kappa shape index (κ2) is 21.5. The molecule has 0 unspecified atom stereocenters. The van der Waals surface area contributed by atoms with Crippen molar-refractivity contribution in [3.63, 3.8) is 0 Å². The number of esters is 2. The number of benzene rings is 4. The number of carbonyl (C=O) groups is 4. The first-order valence-corrected chi connectivity index (χ1v) is 15.6. The summed E-state index contributed by atoms with van der Waals surface area (Å²) in [5.74, 6) is -2.98. The van der Waals surface area contributed by atoms with Crippen LogP contribution in [-0.2, 0) is 36.8 Å². The molecule has 14 nitrogen and oxygen atoms in total. The molecule has 0 saturated carbocycles. The highest BCUT2D eigenvalue weighted by molar-refractivity contribution is 6.31. The molecule has 0 aliphatic heterocycles. The van der Waals surface area contributed by atoms with Crippen molar-refractivity contribution in [3.05, 3.63) is 105 Å². The van der Waals surface area contributed by atoms with E-state index < -0.39 is 23.7 Å². The van der Waals surface area contributed by atoms with E-state index >= 15 is 0 Å². The third kappa shape index (κ3) is 14.6. The van der Waals surface area contributed by atoms with Crippen LogP contribution in [0.1, 0.15) is 64.8 Å². The van der Waals surface area contributed by atoms with Gasteiger partial charge in [-0.1, -0.05) is 50.2 Å². The number of halogens is 4. The SMILES string of the molecule is C.C.CC(=O)Nc1c(Cc2cc(F)cc(Cl)c2)ccc2nonc12.CC(=O)O.CC(=O)OC(C)=O.Nc1c(Cc2cc(F)cc(Cl)c2)ccc2nonc12. The van der Waals surface area contributed by atoms with Gasteiger partial charge in [0, 0.05) is 37.7 Å². The highest BCUT2D eigenvalue weighted by Crippen LogP contribution is 2.29. The first-order chi connectivity index (χ1) is 24.5. The molecule has 0 bridgehead atoms. The number of nitrogen functional groups attached to an aromatic ring is 1. The lowest BCUT2D eigenvalue weighted by molar-refractivity contribution is -0.156. The van der Waals surface area contributed by atoms with Crippen LogP contribution in [0.25, 0.3) is 22.1 Å². The Kier molecular flexibility index (Phi) is 18.3. The van der Waals surface area contributed by atoms with Crippen LogP contribution in [-0.4, -0.2) is 49.5 Å². The molecule has 2 heterocycles. The summed E-state index contributed by atoms with van der Waals surface area (Å²) in [5, 5.41) is 25.8. The Morgan fingerprint density at radius 2 is 1.15 bits per heavy atom. The molecule has 6 rings (SSSR count). The first kappa shape index (κ1) is 46.0. The Morgan fingerprint density at radius 1 is 0.722 bits per heavy atom. The van der Waals surface area contributed by atoms with Gasteiger partial charge in [-0.15, -0.1) is 0 Å². The monoisotopic (exact) mass is 790 g/mol. The summed E-state index contributed by atoms with van der Waals surface area (Å²) in [4.78, 5) is 40.0. The lowest BCUT2D eigenvalue weighted by atomic mass is 10.0. The van der Waals surface area contributed by atoms with Crippen LogP contribution in [0.4, 0.5) is 20.2 Å². The third-order valence-corrected chi connectivity index (χ3v) is 6.73. The van der Waals surface area contributed by atoms with Crippen molar-refractivity contribution in [1.29, 1.82) is 0 Å². The maximum Gasteiger partial charge on any atom is 0.310 e. The number of nitrogens with one attached hydrogen (secondary N) is 1. The average molecular weight is 792 g/mol. The molecule has 0 aliphatic rings. The number of fused-ring (bicyclic) bond motifs is 2. The van der Waals surface area contributed by atoms with Gasteiger partial charge in [0.2, 0.25) is 5.91 Å². The van der Waals surface area contributed by atoms with E-state index in [2.05, 4.69) is 35.3 Å². The van der Waals surface area contributed by atoms with Gasteiger partial charge >= 0.3 is 11.9 Å². The van der Waals surface area contributed by atoms with Crippen molar-refractivity contribution in [3.8, 4) is 0 Å². The maximum atomic E-state index is 13.5. The smallest absolute Gasteiger partial charge is 0.310 e. The van der Waals surface area contributed by atoms with Crippen molar-refractivity contribution < 1.29 is 47.1 Å². The summed E-state index contributed by atoms with van der Waals surface area (Å²) in [6, 6.07) is 15.8. The van der Waals surface area contributed by atoms with E-state index in [0.717, 1.165) is 23.6 Å². The van der Waals surface area contributed by atoms with Gasteiger partial charge in [-0.2, -0.15) is 0 Å². The molecule has 1 amide bonds. The minimum absolute atomic E-state index is 0. The number of carbonyl (C=O) groups excluding carboxylic acids is 3. The predicted octanol–water partition coefficient (Wildman–Crippen LogP) is 8.21. The van der Waals surface area contributed by atoms with Crippen molar-refractivity contribution in [2.24, 2.45) is 0 Å². The number of amides is 1. The number of nitrogens with zero attached hydrogens (tertiary/aromatic N) is 4. The van der Waals surface area contributed by atoms with Gasteiger partial charge in [-0.25, -0.2) is 18.0 Å². The Hall–Kier alpha value is -6.00. The molecule has 288 valence electrons. The summed E-state index contributed by atoms with van der Waals surface area (Å²) in [6.07, 6.45) is 0.849. The maximum absolute atomic E-state index is 13.5. The topological polar surface area (TPSA) is 214 Å². The van der Waals surface area contributed by atoms with Gasteiger partial charge in [0.25, 0.3) is 5.97 Å². The minimum atomic E-state index is -0.833. The van der Waals surface area contributed by atoms with E-state index in [-0.39, 0.29) is 26.6 Å². The van der Waals surface area contributed by atoms with Gasteiger partial charge in [-0.05, 0) is 104 Å². The molecule has 18 heteroatoms. The summed E-state index contributed by atoms with van der Waals surface area (Å²) >= 11 is 11.7. The lowest BCUT2D eigenvalue weighted by Crippen LogP contribution is -2.09. The van der Waals surface area contributed by atoms with Gasteiger partial charge in [-0.3, -0.25) is 19.2 Å². The van der Waals surface area contributed by atoms with Gasteiger partial charge in [0.05, 0.1) is 11.4 Å². The number of hydrogen-bond acceptors (Lipinski definition) is 12. The second-order valence-corrected chi connectivity index (χ2v) is 11.6. The molecule has 0 atom stereocenters. The number of rotatable bonds is 5. The molecular formula is C36H38Cl2F2N6O8. The second-order valence-electron chi connectivity index (χ2n) is 10.7. The van der Waals surface area contributed by atoms with E-state index in [1.54, 1.807) is 30.3 Å². The fourth-order valence-corrected chi connectivity index (χ4v) is 4.98. The van der Waals surface area contributed by atoms with Crippen LogP contribution in [0, 0.1) is 11.6 Å². The quantitative estimate of drug-likeness (QED) is 0.0854. The largest absolute Gasteiger partial charge is 0.481 e. The van der Waals surface area contributed by atoms with Crippen molar-refractivity contribution >= 4 is 80.5 Å². The normalized spacial score (nSPS) is 9.78. The highest BCUT2D eigenvalue weighted by atomic mass is 35.5. The number of aromatic nitrogens is 4. The highest BCUT2D eigenvalue weighted by Gasteiger charge is 2.15. The van der Waals surface area contributed by atoms with E-state index in [4.69, 9.17) is 43.5 Å². The number of carboxylic acids is 1. The fourth-order valence-electron chi connectivity index (χ4n) is 4.49. The fraction of sp³-hybridized carbons (Fsp3) is 0.222. The van der Waals surface area contributed by atoms with Crippen molar-refractivity contribution in [2.45, 2.75) is 55.4 Å². The lowest BCUT2D eigenvalue weighted by Gasteiger charge is -2.10. The summed E-state index contributed by atoms with van der Waals surface area (Å²) in [7, 11) is 0. The molecule has 2 aromatic heterocycles. The Bertz CT molecular complexity index is 2170. The van der Waals surface area contributed by atoms with Gasteiger partial charge in [0.15, 0.2) is 11.0 Å². The molecular weight excluding hydrogens is 753 g/mol. The zero-order valence-electron chi connectivity index (χ0n) is 27.9. The molecule has 0 spiro atoms. The Balaban J connectivity index is 0.000000415. The van der Waals surface area contributed by atoms with E-state index in [1.165, 1.54) is 45.0 Å². The van der Waals surface area contributed by atoms with Gasteiger partial charge < -0.3 is 20.9 Å². The molecule has 4 N–H and O–H groups in total. The zero-order chi connectivity index (χ0) is 38.5. The van der Waals surface area contributed by atoms with Crippen molar-refractivity contribution in [1.82, 2.24) is 20.6 Å². The van der Waals surface area contributed by atoms with Crippen LogP contribution in [0.15, 0.2) is 69.9 Å². The van der Waals surface area contributed by atoms with Crippen molar-refractivity contribution in [2.75, 3.05) is 11.1 Å². The third-order valence-electron chi connectivity index (χ3n) is 6.29. The number of ether oxygens (including phenoxy) is 1. The van der Waals surface area contributed by atoms with Gasteiger partial charge in [0.1, 0.15) is 22.7 Å². The molecule has 0 saturated heterocycles. The van der Waals surface area contributed by atoms with E-state index in [0.29, 0.717) is 61.9 Å². The average Bonchev–Trinajstić information content (AvgIpc) is 3.69. The number of nitrogens with two attached hydrogens (primary N) is 1. The number of carboxylic acid groups (broad SMARTS) is 1. The number of hydrogen-bond donors (Lipinski definition) is 3. The number of anilines is 2. The first-order valence-electron chi connectivity index (χ1n) is 14.8. The summed E-state index contributed by atoms with van der Waals surface area (Å²) in [5.41, 5.74) is 12.1. The van der Waals surface area contributed by atoms with E-state index in [9.17, 15) is 23.2 Å². The molecule has 54 heavy (non-hydrogen) atoms. The Morgan fingerprint density at radius 3 is 1.57 bits per heavy atom. The van der Waals surface area contributed by atoms with Crippen LogP contribution in [0.2, 0.25) is 10.0 Å². The molecule has 4 aromatic carbocycles. The standard InChI is InChI=1S/C15H11ClFN3O2.C13H9ClFN3O.C4H6O3.C2H4O2.2CH4/c1-8(21)18-14-10(2-3-13-15(14)20-22-19-13)4-9-5-11(16)7-12(17)6-9;14-9-4-7(5-10(15)6-9)3-8-1-2-11-13(12(8)16)18-19-17-11;1-3(5)7-4(2)6;1-2(3)4;;/h2-3,5-7H,4H2,1H3,(H,18,21);1-2,4-6H,3,16H2;1-2H3;1H3,(H,3,4);2*1H4. The molecule has 0 fully saturated rings. The summed E-state index contributed by atoms with van der Waals surface area (Å²) in [6.45, 7) is 4.85. The zero-order valence-corrected chi connectivity index (χ0v) is 29.4. The Labute approximate surface area is 318 Å².